The topological polar surface area (TPSA) is 108 Å². The van der Waals surface area contributed by atoms with Gasteiger partial charge in [0.15, 0.2) is 0 Å². The Morgan fingerprint density at radius 2 is 1.83 bits per heavy atom. The highest BCUT2D eigenvalue weighted by atomic mass is 16.6. The summed E-state index contributed by atoms with van der Waals surface area (Å²) in [4.78, 5) is 36.1. The van der Waals surface area contributed by atoms with Crippen LogP contribution in [-0.2, 0) is 14.3 Å². The summed E-state index contributed by atoms with van der Waals surface area (Å²) in [5.74, 6) is -1.19. The second-order valence-corrected chi connectivity index (χ2v) is 7.26. The highest BCUT2D eigenvalue weighted by molar-refractivity contribution is 5.79. The summed E-state index contributed by atoms with van der Waals surface area (Å²) in [5, 5.41) is 14.8. The molecule has 0 aliphatic carbocycles. The maximum atomic E-state index is 11.9. The van der Waals surface area contributed by atoms with Crippen molar-refractivity contribution >= 4 is 18.0 Å². The molecular formula is C15H27N3O5. The van der Waals surface area contributed by atoms with E-state index < -0.39 is 23.2 Å². The van der Waals surface area contributed by atoms with Gasteiger partial charge in [0.05, 0.1) is 18.5 Å². The van der Waals surface area contributed by atoms with Gasteiger partial charge >= 0.3 is 12.1 Å². The highest BCUT2D eigenvalue weighted by Gasteiger charge is 2.47. The Morgan fingerprint density at radius 1 is 1.26 bits per heavy atom. The molecule has 1 aliphatic rings. The van der Waals surface area contributed by atoms with Crippen molar-refractivity contribution in [3.63, 3.8) is 0 Å². The van der Waals surface area contributed by atoms with Crippen LogP contribution in [0.5, 0.6) is 0 Å². The number of carboxylic acids is 1. The van der Waals surface area contributed by atoms with E-state index in [4.69, 9.17) is 9.84 Å². The van der Waals surface area contributed by atoms with E-state index in [0.29, 0.717) is 0 Å². The largest absolute Gasteiger partial charge is 0.481 e. The minimum atomic E-state index is -0.981. The van der Waals surface area contributed by atoms with E-state index in [-0.39, 0.29) is 38.0 Å². The first-order valence-electron chi connectivity index (χ1n) is 7.66. The van der Waals surface area contributed by atoms with Gasteiger partial charge in [-0.05, 0) is 34.6 Å². The maximum absolute atomic E-state index is 11.9. The molecule has 0 bridgehead atoms. The third-order valence-electron chi connectivity index (χ3n) is 3.20. The summed E-state index contributed by atoms with van der Waals surface area (Å²) >= 11 is 0. The second kappa shape index (κ2) is 7.16. The van der Waals surface area contributed by atoms with Gasteiger partial charge in [0.2, 0.25) is 5.91 Å². The first kappa shape index (κ1) is 19.2. The van der Waals surface area contributed by atoms with Gasteiger partial charge in [0, 0.05) is 19.1 Å². The zero-order valence-electron chi connectivity index (χ0n) is 14.4. The molecule has 1 saturated heterocycles. The fourth-order valence-corrected chi connectivity index (χ4v) is 2.36. The van der Waals surface area contributed by atoms with Crippen molar-refractivity contribution in [2.45, 2.75) is 58.2 Å². The first-order valence-corrected chi connectivity index (χ1v) is 7.66. The third kappa shape index (κ3) is 6.43. The molecule has 1 aliphatic heterocycles. The zero-order chi connectivity index (χ0) is 17.8. The number of amides is 2. The average molecular weight is 329 g/mol. The molecule has 3 N–H and O–H groups in total. The number of ether oxygens (including phenoxy) is 1. The Balaban J connectivity index is 2.58. The summed E-state index contributed by atoms with van der Waals surface area (Å²) in [6, 6.07) is 0.0133. The lowest BCUT2D eigenvalue weighted by atomic mass is 9.86. The molecule has 0 spiro atoms. The molecule has 0 unspecified atom stereocenters. The molecule has 0 saturated carbocycles. The van der Waals surface area contributed by atoms with Gasteiger partial charge in [-0.25, -0.2) is 4.79 Å². The van der Waals surface area contributed by atoms with Crippen LogP contribution in [0.4, 0.5) is 4.79 Å². The number of nitrogens with zero attached hydrogens (tertiary/aromatic N) is 1. The lowest BCUT2D eigenvalue weighted by Crippen LogP contribution is -2.72. The molecule has 23 heavy (non-hydrogen) atoms. The Hall–Kier alpha value is -1.83. The van der Waals surface area contributed by atoms with Crippen molar-refractivity contribution in [2.24, 2.45) is 0 Å². The highest BCUT2D eigenvalue weighted by Crippen LogP contribution is 2.26. The number of carboxylic acid groups (broad SMARTS) is 1. The Morgan fingerprint density at radius 3 is 2.26 bits per heavy atom. The molecule has 0 aromatic rings. The minimum Gasteiger partial charge on any atom is -0.481 e. The molecule has 0 aromatic carbocycles. The fourth-order valence-electron chi connectivity index (χ4n) is 2.36. The standard InChI is InChI=1S/C15H27N3O5/c1-10(2)17-11(19)7-16-15(6-12(20)21)8-18(9-15)13(22)23-14(3,4)5/h10,16H,6-9H2,1-5H3,(H,17,19)(H,20,21). The van der Waals surface area contributed by atoms with E-state index in [1.54, 1.807) is 20.8 Å². The number of nitrogens with one attached hydrogen (secondary N) is 2. The van der Waals surface area contributed by atoms with E-state index in [9.17, 15) is 14.4 Å². The van der Waals surface area contributed by atoms with Gasteiger partial charge in [0.25, 0.3) is 0 Å². The van der Waals surface area contributed by atoms with Crippen LogP contribution >= 0.6 is 0 Å². The van der Waals surface area contributed by atoms with Crippen molar-refractivity contribution in [1.29, 1.82) is 0 Å². The summed E-state index contributed by atoms with van der Waals surface area (Å²) in [6.07, 6.45) is -0.645. The predicted octanol–water partition coefficient (Wildman–Crippen LogP) is 0.565. The van der Waals surface area contributed by atoms with Crippen molar-refractivity contribution in [3.05, 3.63) is 0 Å². The van der Waals surface area contributed by atoms with Crippen LogP contribution in [-0.4, -0.2) is 64.8 Å². The molecule has 1 heterocycles. The van der Waals surface area contributed by atoms with Crippen molar-refractivity contribution < 1.29 is 24.2 Å². The normalized spacial score (nSPS) is 16.7. The number of aliphatic carboxylic acids is 1. The molecule has 8 heteroatoms. The fraction of sp³-hybridized carbons (Fsp3) is 0.800. The minimum absolute atomic E-state index is 0.00756. The summed E-state index contributed by atoms with van der Waals surface area (Å²) in [6.45, 7) is 9.40. The third-order valence-corrected chi connectivity index (χ3v) is 3.20. The molecule has 8 nitrogen and oxygen atoms in total. The van der Waals surface area contributed by atoms with Crippen molar-refractivity contribution in [3.8, 4) is 0 Å². The van der Waals surface area contributed by atoms with Gasteiger partial charge in [0.1, 0.15) is 5.60 Å². The van der Waals surface area contributed by atoms with Gasteiger partial charge in [-0.2, -0.15) is 0 Å². The Kier molecular flexibility index (Phi) is 5.98. The van der Waals surface area contributed by atoms with Crippen LogP contribution in [0.1, 0.15) is 41.0 Å². The number of likely N-dealkylation sites (tertiary alicyclic amines) is 1. The zero-order valence-corrected chi connectivity index (χ0v) is 14.4. The van der Waals surface area contributed by atoms with E-state index in [2.05, 4.69) is 10.6 Å². The molecule has 0 atom stereocenters. The molecule has 0 radical (unpaired) electrons. The molecular weight excluding hydrogens is 302 g/mol. The number of hydrogen-bond donors (Lipinski definition) is 3. The summed E-state index contributed by atoms with van der Waals surface area (Å²) < 4.78 is 5.25. The van der Waals surface area contributed by atoms with Gasteiger partial charge < -0.3 is 20.1 Å². The Bertz CT molecular complexity index is 464. The van der Waals surface area contributed by atoms with Gasteiger partial charge in [-0.15, -0.1) is 0 Å². The first-order chi connectivity index (χ1) is 10.4. The molecule has 0 aromatic heterocycles. The smallest absolute Gasteiger partial charge is 0.410 e. The van der Waals surface area contributed by atoms with E-state index in [1.165, 1.54) is 4.90 Å². The van der Waals surface area contributed by atoms with Crippen LogP contribution in [0.25, 0.3) is 0 Å². The van der Waals surface area contributed by atoms with Crippen molar-refractivity contribution in [1.82, 2.24) is 15.5 Å². The lowest BCUT2D eigenvalue weighted by Gasteiger charge is -2.49. The number of rotatable bonds is 6. The molecule has 132 valence electrons. The van der Waals surface area contributed by atoms with Gasteiger partial charge in [-0.3, -0.25) is 14.9 Å². The number of hydrogen-bond acceptors (Lipinski definition) is 5. The van der Waals surface area contributed by atoms with Gasteiger partial charge in [-0.1, -0.05) is 0 Å². The summed E-state index contributed by atoms with van der Waals surface area (Å²) in [7, 11) is 0. The van der Waals surface area contributed by atoms with E-state index in [0.717, 1.165) is 0 Å². The van der Waals surface area contributed by atoms with E-state index in [1.807, 2.05) is 13.8 Å². The maximum Gasteiger partial charge on any atom is 0.410 e. The monoisotopic (exact) mass is 329 g/mol. The quantitative estimate of drug-likeness (QED) is 0.657. The molecule has 1 rings (SSSR count). The predicted molar refractivity (Wildman–Crippen MR) is 84.1 cm³/mol. The number of carbonyl (C=O) groups is 3. The second-order valence-electron chi connectivity index (χ2n) is 7.26. The Labute approximate surface area is 136 Å². The number of carbonyl (C=O) groups excluding carboxylic acids is 2. The van der Waals surface area contributed by atoms with Crippen molar-refractivity contribution in [2.75, 3.05) is 19.6 Å². The molecule has 2 amide bonds. The van der Waals surface area contributed by atoms with Crippen LogP contribution < -0.4 is 10.6 Å². The van der Waals surface area contributed by atoms with Crippen LogP contribution in [0.3, 0.4) is 0 Å². The molecule has 1 fully saturated rings. The van der Waals surface area contributed by atoms with E-state index >= 15 is 0 Å². The summed E-state index contributed by atoms with van der Waals surface area (Å²) in [5.41, 5.74) is -1.40. The van der Waals surface area contributed by atoms with Crippen LogP contribution in [0.15, 0.2) is 0 Å². The van der Waals surface area contributed by atoms with Crippen LogP contribution in [0.2, 0.25) is 0 Å². The lowest BCUT2D eigenvalue weighted by molar-refractivity contribution is -0.141. The SMILES string of the molecule is CC(C)NC(=O)CNC1(CC(=O)O)CN(C(=O)OC(C)(C)C)C1. The van der Waals surface area contributed by atoms with Crippen LogP contribution in [0, 0.1) is 0 Å². The average Bonchev–Trinajstić information content (AvgIpc) is 2.27.